The molecular formula is C48H55GeNO2Si. The average molecular weight is 779 g/mol. The van der Waals surface area contributed by atoms with Crippen LogP contribution in [0.4, 0.5) is 17.1 Å². The molecule has 6 rings (SSSR count). The molecule has 0 fully saturated rings. The van der Waals surface area contributed by atoms with E-state index in [0.717, 1.165) is 40.2 Å². The molecule has 272 valence electrons. The Morgan fingerprint density at radius 3 is 1.28 bits per heavy atom. The Morgan fingerprint density at radius 2 is 0.868 bits per heavy atom. The zero-order valence-electron chi connectivity index (χ0n) is 33.0. The SMILES string of the molecule is COc1ccc(C[CH2][Ge]([c]2ccc(C)cc2)([c]2ccc(C)cc2)[c]2ccc(N(c3ccc(C)cc3)c3ccc(O[Si](C)(C)C(C)(C)C)cc3)cc2)cc1. The summed E-state index contributed by atoms with van der Waals surface area (Å²) in [5, 5.41) is 1.22. The number of benzene rings is 6. The quantitative estimate of drug-likeness (QED) is 0.116. The summed E-state index contributed by atoms with van der Waals surface area (Å²) in [5.41, 5.74) is 8.52. The molecule has 0 saturated carbocycles. The number of aryl methyl sites for hydroxylation is 4. The van der Waals surface area contributed by atoms with Crippen molar-refractivity contribution in [2.75, 3.05) is 12.0 Å². The zero-order valence-corrected chi connectivity index (χ0v) is 36.1. The Balaban J connectivity index is 1.45. The van der Waals surface area contributed by atoms with Gasteiger partial charge in [0.15, 0.2) is 0 Å². The van der Waals surface area contributed by atoms with Crippen LogP contribution in [0.25, 0.3) is 0 Å². The van der Waals surface area contributed by atoms with Gasteiger partial charge in [-0.15, -0.1) is 0 Å². The summed E-state index contributed by atoms with van der Waals surface area (Å²) in [4.78, 5) is 2.36. The second-order valence-corrected chi connectivity index (χ2v) is 29.3. The van der Waals surface area contributed by atoms with Gasteiger partial charge >= 0.3 is 303 Å². The molecule has 3 nitrogen and oxygen atoms in total. The van der Waals surface area contributed by atoms with Crippen molar-refractivity contribution in [1.29, 1.82) is 0 Å². The van der Waals surface area contributed by atoms with Gasteiger partial charge in [-0.2, -0.15) is 0 Å². The molecule has 6 aromatic rings. The first-order valence-electron chi connectivity index (χ1n) is 18.8. The minimum absolute atomic E-state index is 0.132. The van der Waals surface area contributed by atoms with Crippen LogP contribution in [0.5, 0.6) is 11.5 Å². The molecule has 0 amide bonds. The van der Waals surface area contributed by atoms with Gasteiger partial charge in [-0.05, 0) is 0 Å². The summed E-state index contributed by atoms with van der Waals surface area (Å²) in [6, 6.07) is 54.5. The van der Waals surface area contributed by atoms with Gasteiger partial charge in [0, 0.05) is 0 Å². The van der Waals surface area contributed by atoms with Gasteiger partial charge < -0.3 is 0 Å². The van der Waals surface area contributed by atoms with Gasteiger partial charge in [0.05, 0.1) is 0 Å². The maximum absolute atomic E-state index is 6.67. The van der Waals surface area contributed by atoms with Gasteiger partial charge in [0.1, 0.15) is 0 Å². The molecule has 0 bridgehead atoms. The van der Waals surface area contributed by atoms with Crippen LogP contribution in [0.2, 0.25) is 23.4 Å². The van der Waals surface area contributed by atoms with E-state index in [9.17, 15) is 0 Å². The van der Waals surface area contributed by atoms with E-state index < -0.39 is 21.6 Å². The number of hydrogen-bond acceptors (Lipinski definition) is 3. The third-order valence-corrected chi connectivity index (χ3v) is 26.0. The van der Waals surface area contributed by atoms with Crippen molar-refractivity contribution in [2.24, 2.45) is 0 Å². The van der Waals surface area contributed by atoms with E-state index in [4.69, 9.17) is 9.16 Å². The predicted octanol–water partition coefficient (Wildman–Crippen LogP) is 11.2. The van der Waals surface area contributed by atoms with E-state index >= 15 is 0 Å². The van der Waals surface area contributed by atoms with Crippen molar-refractivity contribution < 1.29 is 9.16 Å². The molecule has 0 aliphatic carbocycles. The van der Waals surface area contributed by atoms with E-state index in [1.54, 1.807) is 7.11 Å². The van der Waals surface area contributed by atoms with Crippen LogP contribution in [0, 0.1) is 20.8 Å². The zero-order chi connectivity index (χ0) is 37.8. The molecule has 0 aliphatic rings. The van der Waals surface area contributed by atoms with Crippen LogP contribution in [0.1, 0.15) is 43.0 Å². The summed E-state index contributed by atoms with van der Waals surface area (Å²) in [7, 11) is -0.229. The van der Waals surface area contributed by atoms with Crippen LogP contribution in [0.15, 0.2) is 146 Å². The summed E-state index contributed by atoms with van der Waals surface area (Å²) in [5.74, 6) is 1.83. The van der Waals surface area contributed by atoms with E-state index in [1.165, 1.54) is 35.4 Å². The number of anilines is 3. The van der Waals surface area contributed by atoms with E-state index in [1.807, 2.05) is 0 Å². The molecule has 0 heterocycles. The Kier molecular flexibility index (Phi) is 11.4. The standard InChI is InChI=1S/C48H55GeNO2Si/c1-36-10-18-40(19-11-36)49(41-20-12-37(2)13-21-41,35-34-39-16-30-46(51-7)31-17-39)42-22-26-44(27-23-42)50(43-24-14-38(3)15-25-43)45-28-32-47(33-29-45)52-53(8,9)48(4,5)6/h10-33H,34-35H2,1-9H3. The van der Waals surface area contributed by atoms with Crippen molar-refractivity contribution >= 4 is 51.8 Å². The van der Waals surface area contributed by atoms with Crippen molar-refractivity contribution in [3.8, 4) is 11.5 Å². The van der Waals surface area contributed by atoms with Crippen LogP contribution in [-0.4, -0.2) is 28.7 Å². The first kappa shape index (κ1) is 38.2. The minimum atomic E-state index is -3.25. The molecule has 53 heavy (non-hydrogen) atoms. The van der Waals surface area contributed by atoms with Crippen LogP contribution >= 0.6 is 0 Å². The van der Waals surface area contributed by atoms with E-state index in [0.29, 0.717) is 0 Å². The van der Waals surface area contributed by atoms with Crippen LogP contribution in [-0.2, 0) is 6.42 Å². The Bertz CT molecular complexity index is 2040. The van der Waals surface area contributed by atoms with E-state index in [-0.39, 0.29) is 5.04 Å². The molecule has 0 unspecified atom stereocenters. The summed E-state index contributed by atoms with van der Waals surface area (Å²) in [6.07, 6.45) is 0.992. The first-order chi connectivity index (χ1) is 25.3. The third-order valence-electron chi connectivity index (χ3n) is 11.2. The third kappa shape index (κ3) is 8.50. The predicted molar refractivity (Wildman–Crippen MR) is 232 cm³/mol. The van der Waals surface area contributed by atoms with Gasteiger partial charge in [-0.25, -0.2) is 0 Å². The second-order valence-electron chi connectivity index (χ2n) is 16.1. The topological polar surface area (TPSA) is 21.7 Å². The van der Waals surface area contributed by atoms with E-state index in [2.05, 4.69) is 205 Å². The Labute approximate surface area is 322 Å². The molecule has 0 spiro atoms. The van der Waals surface area contributed by atoms with Crippen LogP contribution < -0.4 is 27.3 Å². The molecular weight excluding hydrogens is 723 g/mol. The average Bonchev–Trinajstić information content (AvgIpc) is 3.15. The molecule has 5 heteroatoms. The van der Waals surface area contributed by atoms with Crippen LogP contribution in [0.3, 0.4) is 0 Å². The molecule has 0 aromatic heterocycles. The normalized spacial score (nSPS) is 12.0. The first-order valence-corrected chi connectivity index (χ1v) is 26.4. The molecule has 0 atom stereocenters. The number of ether oxygens (including phenoxy) is 1. The molecule has 6 aromatic carbocycles. The number of rotatable bonds is 12. The number of methoxy groups -OCH3 is 1. The van der Waals surface area contributed by atoms with Crippen molar-refractivity contribution in [1.82, 2.24) is 0 Å². The fourth-order valence-electron chi connectivity index (χ4n) is 6.88. The fraction of sp³-hybridized carbons (Fsp3) is 0.250. The van der Waals surface area contributed by atoms with Gasteiger partial charge in [-0.1, -0.05) is 20.8 Å². The fourth-order valence-corrected chi connectivity index (χ4v) is 17.8. The van der Waals surface area contributed by atoms with Crippen molar-refractivity contribution in [3.63, 3.8) is 0 Å². The molecule has 0 radical (unpaired) electrons. The number of nitrogens with zero attached hydrogens (tertiary/aromatic N) is 1. The number of hydrogen-bond donors (Lipinski definition) is 0. The Hall–Kier alpha value is -4.52. The summed E-state index contributed by atoms with van der Waals surface area (Å²) in [6.45, 7) is 18.0. The summed E-state index contributed by atoms with van der Waals surface area (Å²) >= 11 is -3.25. The molecule has 0 saturated heterocycles. The second kappa shape index (κ2) is 15.8. The van der Waals surface area contributed by atoms with Gasteiger partial charge in [0.2, 0.25) is 0 Å². The van der Waals surface area contributed by atoms with Crippen molar-refractivity contribution in [3.05, 3.63) is 168 Å². The Morgan fingerprint density at radius 1 is 0.509 bits per heavy atom. The monoisotopic (exact) mass is 779 g/mol. The maximum atomic E-state index is 6.67. The molecule has 0 aliphatic heterocycles. The van der Waals surface area contributed by atoms with Crippen molar-refractivity contribution in [2.45, 2.75) is 71.3 Å². The van der Waals surface area contributed by atoms with Gasteiger partial charge in [0.25, 0.3) is 0 Å². The molecule has 0 N–H and O–H groups in total. The van der Waals surface area contributed by atoms with Gasteiger partial charge in [-0.3, -0.25) is 0 Å². The summed E-state index contributed by atoms with van der Waals surface area (Å²) < 4.78 is 16.6.